The highest BCUT2D eigenvalue weighted by Crippen LogP contribution is 2.27. The number of hydrogen-bond acceptors (Lipinski definition) is 2. The number of hydrogen-bond donors (Lipinski definition) is 1. The SMILES string of the molecule is Cc1cc(C(=O)N(CCC2CCCCC2)Cc2ccccc2F)[nH]n1. The molecule has 0 saturated heterocycles. The van der Waals surface area contributed by atoms with Gasteiger partial charge in [-0.15, -0.1) is 0 Å². The summed E-state index contributed by atoms with van der Waals surface area (Å²) in [5.41, 5.74) is 1.80. The lowest BCUT2D eigenvalue weighted by Gasteiger charge is -2.27. The number of nitrogens with one attached hydrogen (secondary N) is 1. The number of carbonyl (C=O) groups excluding carboxylic acids is 1. The van der Waals surface area contributed by atoms with Crippen LogP contribution in [0.1, 0.15) is 60.3 Å². The van der Waals surface area contributed by atoms with E-state index in [0.29, 0.717) is 23.7 Å². The molecule has 4 nitrogen and oxygen atoms in total. The summed E-state index contributed by atoms with van der Waals surface area (Å²) >= 11 is 0. The zero-order valence-electron chi connectivity index (χ0n) is 14.8. The van der Waals surface area contributed by atoms with E-state index < -0.39 is 0 Å². The average Bonchev–Trinajstić information content (AvgIpc) is 3.07. The molecule has 0 aliphatic heterocycles. The molecular weight excluding hydrogens is 317 g/mol. The minimum Gasteiger partial charge on any atom is -0.333 e. The molecule has 1 amide bonds. The van der Waals surface area contributed by atoms with Gasteiger partial charge in [0.15, 0.2) is 0 Å². The summed E-state index contributed by atoms with van der Waals surface area (Å²) in [7, 11) is 0. The Labute approximate surface area is 148 Å². The lowest BCUT2D eigenvalue weighted by molar-refractivity contribution is 0.0721. The number of aryl methyl sites for hydroxylation is 1. The van der Waals surface area contributed by atoms with Gasteiger partial charge in [-0.3, -0.25) is 9.89 Å². The van der Waals surface area contributed by atoms with Gasteiger partial charge >= 0.3 is 0 Å². The molecule has 1 N–H and O–H groups in total. The lowest BCUT2D eigenvalue weighted by Crippen LogP contribution is -2.33. The summed E-state index contributed by atoms with van der Waals surface area (Å²) in [6.45, 7) is 2.78. The molecule has 25 heavy (non-hydrogen) atoms. The lowest BCUT2D eigenvalue weighted by atomic mass is 9.87. The summed E-state index contributed by atoms with van der Waals surface area (Å²) in [5.74, 6) is 0.298. The third-order valence-corrected chi connectivity index (χ3v) is 5.07. The standard InChI is InChI=1S/C20H26FN3O/c1-15-13-19(23-22-15)20(25)24(12-11-16-7-3-2-4-8-16)14-17-9-5-6-10-18(17)21/h5-6,9-10,13,16H,2-4,7-8,11-12,14H2,1H3,(H,22,23). The molecule has 3 rings (SSSR count). The van der Waals surface area contributed by atoms with E-state index in [1.54, 1.807) is 23.1 Å². The molecule has 1 saturated carbocycles. The van der Waals surface area contributed by atoms with Crippen molar-refractivity contribution in [3.8, 4) is 0 Å². The fourth-order valence-electron chi connectivity index (χ4n) is 3.60. The van der Waals surface area contributed by atoms with E-state index in [1.807, 2.05) is 13.0 Å². The van der Waals surface area contributed by atoms with Crippen LogP contribution in [0.5, 0.6) is 0 Å². The molecule has 0 radical (unpaired) electrons. The average molecular weight is 343 g/mol. The largest absolute Gasteiger partial charge is 0.333 e. The maximum Gasteiger partial charge on any atom is 0.272 e. The Hall–Kier alpha value is -2.17. The Bertz CT molecular complexity index is 706. The smallest absolute Gasteiger partial charge is 0.272 e. The molecule has 0 spiro atoms. The first-order valence-corrected chi connectivity index (χ1v) is 9.18. The molecule has 2 aromatic rings. The van der Waals surface area contributed by atoms with Crippen LogP contribution in [0.4, 0.5) is 4.39 Å². The minimum atomic E-state index is -0.265. The van der Waals surface area contributed by atoms with Crippen LogP contribution in [0.15, 0.2) is 30.3 Å². The van der Waals surface area contributed by atoms with Crippen molar-refractivity contribution < 1.29 is 9.18 Å². The van der Waals surface area contributed by atoms with Crippen molar-refractivity contribution in [2.75, 3.05) is 6.54 Å². The van der Waals surface area contributed by atoms with E-state index in [-0.39, 0.29) is 18.3 Å². The molecule has 0 unspecified atom stereocenters. The number of amides is 1. The predicted octanol–water partition coefficient (Wildman–Crippen LogP) is 4.47. The van der Waals surface area contributed by atoms with E-state index >= 15 is 0 Å². The van der Waals surface area contributed by atoms with Gasteiger partial charge in [0, 0.05) is 18.7 Å². The summed E-state index contributed by atoms with van der Waals surface area (Å²) in [5, 5.41) is 6.84. The number of aromatic amines is 1. The van der Waals surface area contributed by atoms with Gasteiger partial charge in [-0.2, -0.15) is 5.10 Å². The van der Waals surface area contributed by atoms with Crippen molar-refractivity contribution in [3.05, 3.63) is 53.1 Å². The van der Waals surface area contributed by atoms with Crippen molar-refractivity contribution in [1.29, 1.82) is 0 Å². The van der Waals surface area contributed by atoms with Gasteiger partial charge in [-0.1, -0.05) is 50.3 Å². The summed E-state index contributed by atoms with van der Waals surface area (Å²) < 4.78 is 14.1. The Morgan fingerprint density at radius 2 is 2.04 bits per heavy atom. The van der Waals surface area contributed by atoms with E-state index in [0.717, 1.165) is 12.1 Å². The van der Waals surface area contributed by atoms with Crippen molar-refractivity contribution in [2.24, 2.45) is 5.92 Å². The Balaban J connectivity index is 1.72. The van der Waals surface area contributed by atoms with Crippen LogP contribution >= 0.6 is 0 Å². The highest BCUT2D eigenvalue weighted by molar-refractivity contribution is 5.92. The maximum absolute atomic E-state index is 14.1. The molecule has 1 aliphatic rings. The number of H-pyrrole nitrogens is 1. The van der Waals surface area contributed by atoms with Gasteiger partial charge in [0.1, 0.15) is 11.5 Å². The monoisotopic (exact) mass is 343 g/mol. The molecule has 0 atom stereocenters. The van der Waals surface area contributed by atoms with Crippen molar-refractivity contribution in [3.63, 3.8) is 0 Å². The maximum atomic E-state index is 14.1. The number of nitrogens with zero attached hydrogens (tertiary/aromatic N) is 2. The van der Waals surface area contributed by atoms with E-state index in [9.17, 15) is 9.18 Å². The minimum absolute atomic E-state index is 0.111. The Morgan fingerprint density at radius 1 is 1.28 bits per heavy atom. The number of halogens is 1. The molecule has 1 aromatic heterocycles. The second kappa shape index (κ2) is 8.28. The molecule has 0 bridgehead atoms. The molecule has 1 aromatic carbocycles. The quantitative estimate of drug-likeness (QED) is 0.841. The normalized spacial score (nSPS) is 15.3. The Kier molecular flexibility index (Phi) is 5.84. The molecule has 1 aliphatic carbocycles. The molecule has 5 heteroatoms. The van der Waals surface area contributed by atoms with Gasteiger partial charge in [-0.25, -0.2) is 4.39 Å². The van der Waals surface area contributed by atoms with Gasteiger partial charge < -0.3 is 4.90 Å². The zero-order chi connectivity index (χ0) is 17.6. The van der Waals surface area contributed by atoms with Gasteiger partial charge in [0.05, 0.1) is 5.69 Å². The number of aromatic nitrogens is 2. The number of rotatable bonds is 6. The van der Waals surface area contributed by atoms with Crippen LogP contribution in [0.3, 0.4) is 0 Å². The topological polar surface area (TPSA) is 49.0 Å². The Morgan fingerprint density at radius 3 is 2.72 bits per heavy atom. The third-order valence-electron chi connectivity index (χ3n) is 5.07. The first-order chi connectivity index (χ1) is 12.1. The second-order valence-electron chi connectivity index (χ2n) is 7.03. The van der Waals surface area contributed by atoms with Crippen LogP contribution in [0.2, 0.25) is 0 Å². The molecule has 1 heterocycles. The van der Waals surface area contributed by atoms with Gasteiger partial charge in [-0.05, 0) is 31.4 Å². The molecular formula is C20H26FN3O. The fourth-order valence-corrected chi connectivity index (χ4v) is 3.60. The summed E-state index contributed by atoms with van der Waals surface area (Å²) in [6.07, 6.45) is 7.35. The van der Waals surface area contributed by atoms with Crippen LogP contribution in [-0.2, 0) is 6.54 Å². The molecule has 134 valence electrons. The van der Waals surface area contributed by atoms with E-state index in [1.165, 1.54) is 38.2 Å². The third kappa shape index (κ3) is 4.68. The first-order valence-electron chi connectivity index (χ1n) is 9.18. The van der Waals surface area contributed by atoms with E-state index in [2.05, 4.69) is 10.2 Å². The molecule has 1 fully saturated rings. The van der Waals surface area contributed by atoms with Crippen LogP contribution < -0.4 is 0 Å². The van der Waals surface area contributed by atoms with Gasteiger partial charge in [0.25, 0.3) is 5.91 Å². The second-order valence-corrected chi connectivity index (χ2v) is 7.03. The van der Waals surface area contributed by atoms with Crippen LogP contribution in [0, 0.1) is 18.7 Å². The van der Waals surface area contributed by atoms with Crippen molar-refractivity contribution in [1.82, 2.24) is 15.1 Å². The summed E-state index contributed by atoms with van der Waals surface area (Å²) in [4.78, 5) is 14.6. The number of carbonyl (C=O) groups is 1. The highest BCUT2D eigenvalue weighted by Gasteiger charge is 2.21. The van der Waals surface area contributed by atoms with Crippen LogP contribution in [0.25, 0.3) is 0 Å². The van der Waals surface area contributed by atoms with E-state index in [4.69, 9.17) is 0 Å². The number of benzene rings is 1. The van der Waals surface area contributed by atoms with Crippen LogP contribution in [-0.4, -0.2) is 27.5 Å². The highest BCUT2D eigenvalue weighted by atomic mass is 19.1. The van der Waals surface area contributed by atoms with Gasteiger partial charge in [0.2, 0.25) is 0 Å². The first kappa shape index (κ1) is 17.6. The summed E-state index contributed by atoms with van der Waals surface area (Å²) in [6, 6.07) is 8.42. The predicted molar refractivity (Wildman–Crippen MR) is 95.7 cm³/mol. The van der Waals surface area contributed by atoms with Crippen molar-refractivity contribution in [2.45, 2.75) is 52.0 Å². The zero-order valence-corrected chi connectivity index (χ0v) is 14.8. The van der Waals surface area contributed by atoms with Crippen molar-refractivity contribution >= 4 is 5.91 Å². The fraction of sp³-hybridized carbons (Fsp3) is 0.500.